The highest BCUT2D eigenvalue weighted by Gasteiger charge is 2.48. The van der Waals surface area contributed by atoms with E-state index in [0.29, 0.717) is 17.1 Å². The maximum Gasteiger partial charge on any atom is 0.337 e. The van der Waals surface area contributed by atoms with Crippen LogP contribution in [0.25, 0.3) is 0 Å². The molecule has 0 aromatic heterocycles. The summed E-state index contributed by atoms with van der Waals surface area (Å²) in [6, 6.07) is 11.7. The first-order valence-corrected chi connectivity index (χ1v) is 9.32. The predicted molar refractivity (Wildman–Crippen MR) is 108 cm³/mol. The maximum atomic E-state index is 11.9. The number of hydrogen-bond donors (Lipinski definition) is 1. The minimum Gasteiger partial charge on any atom is -0.467 e. The normalized spacial score (nSPS) is 23.2. The minimum atomic E-state index is -0.603. The van der Waals surface area contributed by atoms with Crippen LogP contribution in [-0.4, -0.2) is 23.9 Å². The Balaban J connectivity index is 1.76. The Morgan fingerprint density at radius 1 is 1.26 bits per heavy atom. The van der Waals surface area contributed by atoms with E-state index in [1.54, 1.807) is 6.07 Å². The van der Waals surface area contributed by atoms with Crippen molar-refractivity contribution in [3.05, 3.63) is 58.7 Å². The summed E-state index contributed by atoms with van der Waals surface area (Å²) in [6.07, 6.45) is 0.706. The summed E-state index contributed by atoms with van der Waals surface area (Å²) in [4.78, 5) is 13.9. The first-order valence-electron chi connectivity index (χ1n) is 8.91. The van der Waals surface area contributed by atoms with Crippen molar-refractivity contribution in [1.29, 1.82) is 0 Å². The quantitative estimate of drug-likeness (QED) is 0.625. The van der Waals surface area contributed by atoms with Crippen molar-refractivity contribution in [3.63, 3.8) is 0 Å². The monoisotopic (exact) mass is 382 g/mol. The van der Waals surface area contributed by atoms with Gasteiger partial charge >= 0.3 is 5.97 Å². The Morgan fingerprint density at radius 2 is 2.04 bits per heavy atom. The zero-order valence-electron chi connectivity index (χ0n) is 15.8. The van der Waals surface area contributed by atoms with Crippen LogP contribution in [-0.2, 0) is 4.74 Å². The molecule has 6 heteroatoms. The van der Waals surface area contributed by atoms with E-state index >= 15 is 0 Å². The van der Waals surface area contributed by atoms with E-state index in [1.165, 1.54) is 18.2 Å². The minimum absolute atomic E-state index is 0.0151. The zero-order chi connectivity index (χ0) is 19.3. The highest BCUT2D eigenvalue weighted by molar-refractivity contribution is 7.80. The summed E-state index contributed by atoms with van der Waals surface area (Å²) in [5.74, 6) is 0.395. The molecule has 0 saturated carbocycles. The number of methoxy groups -OCH3 is 1. The third-order valence-electron chi connectivity index (χ3n) is 5.44. The van der Waals surface area contributed by atoms with E-state index in [0.717, 1.165) is 17.0 Å². The Kier molecular flexibility index (Phi) is 4.11. The summed E-state index contributed by atoms with van der Waals surface area (Å²) in [5, 5.41) is 4.04. The molecule has 1 saturated heterocycles. The SMILES string of the molecule is COC(=O)c1ccc2c(c1)C1CC(C)(O2)N(c2ccc(C)c(C)c2)C(=S)N1. The van der Waals surface area contributed by atoms with E-state index in [1.807, 2.05) is 17.0 Å². The second kappa shape index (κ2) is 6.23. The van der Waals surface area contributed by atoms with E-state index in [2.05, 4.69) is 44.3 Å². The summed E-state index contributed by atoms with van der Waals surface area (Å²) in [5.41, 5.74) is 4.29. The van der Waals surface area contributed by atoms with Crippen LogP contribution in [0.15, 0.2) is 36.4 Å². The molecular weight excluding hydrogens is 360 g/mol. The molecule has 2 unspecified atom stereocenters. The number of benzene rings is 2. The Morgan fingerprint density at radius 3 is 2.74 bits per heavy atom. The number of nitrogens with zero attached hydrogens (tertiary/aromatic N) is 1. The lowest BCUT2D eigenvalue weighted by atomic mass is 9.89. The van der Waals surface area contributed by atoms with Gasteiger partial charge in [0.2, 0.25) is 0 Å². The standard InChI is InChI=1S/C21H22N2O3S/c1-12-5-7-15(9-13(12)2)23-20(27)22-17-11-21(23,3)26-18-8-6-14(10-16(17)18)19(24)25-4/h5-10,17H,11H2,1-4H3,(H,22,27). The van der Waals surface area contributed by atoms with Gasteiger partial charge < -0.3 is 14.8 Å². The van der Waals surface area contributed by atoms with Crippen LogP contribution in [0.3, 0.4) is 0 Å². The number of nitrogens with one attached hydrogen (secondary N) is 1. The van der Waals surface area contributed by atoms with Crippen LogP contribution in [0.1, 0.15) is 46.4 Å². The molecule has 1 fully saturated rings. The smallest absolute Gasteiger partial charge is 0.337 e. The molecule has 4 rings (SSSR count). The molecule has 2 atom stereocenters. The third kappa shape index (κ3) is 2.84. The molecule has 2 aromatic rings. The number of rotatable bonds is 2. The van der Waals surface area contributed by atoms with Gasteiger partial charge in [0.1, 0.15) is 5.75 Å². The molecule has 27 heavy (non-hydrogen) atoms. The van der Waals surface area contributed by atoms with Gasteiger partial charge in [0, 0.05) is 17.7 Å². The van der Waals surface area contributed by atoms with Gasteiger partial charge in [0.15, 0.2) is 10.8 Å². The summed E-state index contributed by atoms with van der Waals surface area (Å²) in [7, 11) is 1.38. The molecule has 140 valence electrons. The Hall–Kier alpha value is -2.60. The van der Waals surface area contributed by atoms with Crippen LogP contribution >= 0.6 is 12.2 Å². The molecule has 0 radical (unpaired) electrons. The molecular formula is C21H22N2O3S. The van der Waals surface area contributed by atoms with Gasteiger partial charge in [-0.05, 0) is 74.4 Å². The average Bonchev–Trinajstić information content (AvgIpc) is 2.63. The van der Waals surface area contributed by atoms with E-state index in [4.69, 9.17) is 21.7 Å². The van der Waals surface area contributed by atoms with Crippen molar-refractivity contribution < 1.29 is 14.3 Å². The second-order valence-corrected chi connectivity index (χ2v) is 7.72. The van der Waals surface area contributed by atoms with E-state index in [9.17, 15) is 4.79 Å². The Bertz CT molecular complexity index is 958. The zero-order valence-corrected chi connectivity index (χ0v) is 16.6. The third-order valence-corrected chi connectivity index (χ3v) is 5.74. The number of fused-ring (bicyclic) bond motifs is 4. The molecule has 0 aliphatic carbocycles. The molecule has 0 spiro atoms. The van der Waals surface area contributed by atoms with E-state index in [-0.39, 0.29) is 12.0 Å². The summed E-state index contributed by atoms with van der Waals surface area (Å²) < 4.78 is 11.2. The Labute approximate surface area is 164 Å². The number of esters is 1. The van der Waals surface area contributed by atoms with Gasteiger partial charge in [-0.1, -0.05) is 6.07 Å². The molecule has 0 amide bonds. The van der Waals surface area contributed by atoms with Crippen molar-refractivity contribution in [2.24, 2.45) is 0 Å². The molecule has 1 N–H and O–H groups in total. The van der Waals surface area contributed by atoms with Gasteiger partial charge in [0.25, 0.3) is 0 Å². The fraction of sp³-hybridized carbons (Fsp3) is 0.333. The first kappa shape index (κ1) is 17.8. The summed E-state index contributed by atoms with van der Waals surface area (Å²) >= 11 is 5.69. The molecule has 5 nitrogen and oxygen atoms in total. The molecule has 2 aromatic carbocycles. The fourth-order valence-electron chi connectivity index (χ4n) is 3.87. The molecule has 2 bridgehead atoms. The molecule has 2 heterocycles. The van der Waals surface area contributed by atoms with Gasteiger partial charge in [0.05, 0.1) is 18.7 Å². The van der Waals surface area contributed by atoms with Gasteiger partial charge in [-0.15, -0.1) is 0 Å². The number of ether oxygens (including phenoxy) is 2. The lowest BCUT2D eigenvalue weighted by Crippen LogP contribution is -2.65. The number of anilines is 1. The lowest BCUT2D eigenvalue weighted by Gasteiger charge is -2.52. The van der Waals surface area contributed by atoms with Crippen LogP contribution < -0.4 is 15.0 Å². The number of hydrogen-bond acceptors (Lipinski definition) is 4. The largest absolute Gasteiger partial charge is 0.467 e. The maximum absolute atomic E-state index is 11.9. The fourth-order valence-corrected chi connectivity index (χ4v) is 4.32. The predicted octanol–water partition coefficient (Wildman–Crippen LogP) is 4.02. The van der Waals surface area contributed by atoms with Crippen LogP contribution in [0.4, 0.5) is 5.69 Å². The number of carbonyl (C=O) groups is 1. The second-order valence-electron chi connectivity index (χ2n) is 7.33. The number of carbonyl (C=O) groups excluding carboxylic acids is 1. The van der Waals surface area contributed by atoms with E-state index < -0.39 is 5.72 Å². The highest BCUT2D eigenvalue weighted by Crippen LogP contribution is 2.46. The highest BCUT2D eigenvalue weighted by atomic mass is 32.1. The number of thiocarbonyl (C=S) groups is 1. The molecule has 2 aliphatic rings. The van der Waals surface area contributed by atoms with Crippen molar-refractivity contribution in [2.45, 2.75) is 39.0 Å². The first-order chi connectivity index (χ1) is 12.8. The van der Waals surface area contributed by atoms with Gasteiger partial charge in [-0.3, -0.25) is 4.90 Å². The van der Waals surface area contributed by atoms with Crippen LogP contribution in [0.5, 0.6) is 5.75 Å². The van der Waals surface area contributed by atoms with Crippen LogP contribution in [0, 0.1) is 13.8 Å². The molecule has 2 aliphatic heterocycles. The lowest BCUT2D eigenvalue weighted by molar-refractivity contribution is 0.0494. The van der Waals surface area contributed by atoms with Crippen LogP contribution in [0.2, 0.25) is 0 Å². The average molecular weight is 382 g/mol. The topological polar surface area (TPSA) is 50.8 Å². The van der Waals surface area contributed by atoms with Crippen molar-refractivity contribution in [3.8, 4) is 5.75 Å². The summed E-state index contributed by atoms with van der Waals surface area (Å²) in [6.45, 7) is 6.24. The van der Waals surface area contributed by atoms with Gasteiger partial charge in [-0.2, -0.15) is 0 Å². The van der Waals surface area contributed by atoms with Crippen molar-refractivity contribution in [1.82, 2.24) is 5.32 Å². The number of aryl methyl sites for hydroxylation is 2. The van der Waals surface area contributed by atoms with Gasteiger partial charge in [-0.25, -0.2) is 4.79 Å². The van der Waals surface area contributed by atoms with Crippen molar-refractivity contribution >= 4 is 29.0 Å². The van der Waals surface area contributed by atoms with Crippen molar-refractivity contribution in [2.75, 3.05) is 12.0 Å².